The summed E-state index contributed by atoms with van der Waals surface area (Å²) in [5.74, 6) is 0.0572. The van der Waals surface area contributed by atoms with E-state index in [4.69, 9.17) is 0 Å². The van der Waals surface area contributed by atoms with E-state index in [1.54, 1.807) is 0 Å². The van der Waals surface area contributed by atoms with Crippen LogP contribution in [0.4, 0.5) is 5.69 Å². The van der Waals surface area contributed by atoms with Gasteiger partial charge in [0.25, 0.3) is 5.91 Å². The highest BCUT2D eigenvalue weighted by atomic mass is 127. The van der Waals surface area contributed by atoms with Crippen molar-refractivity contribution in [3.63, 3.8) is 0 Å². The molecule has 0 fully saturated rings. The van der Waals surface area contributed by atoms with Crippen LogP contribution in [0, 0.1) is 10.5 Å². The van der Waals surface area contributed by atoms with Gasteiger partial charge < -0.3 is 4.90 Å². The third kappa shape index (κ3) is 2.97. The largest absolute Gasteiger partial charge is 0.308 e. The molecular weight excluding hydrogens is 349 g/mol. The van der Waals surface area contributed by atoms with Crippen LogP contribution in [0.5, 0.6) is 0 Å². The molecule has 2 nitrogen and oxygen atoms in total. The van der Waals surface area contributed by atoms with E-state index in [9.17, 15) is 4.79 Å². The number of aryl methyl sites for hydroxylation is 1. The number of para-hydroxylation sites is 1. The molecule has 2 aromatic rings. The molecule has 0 bridgehead atoms. The molecule has 0 aliphatic carbocycles. The number of benzene rings is 2. The van der Waals surface area contributed by atoms with Crippen LogP contribution < -0.4 is 4.90 Å². The molecule has 2 rings (SSSR count). The van der Waals surface area contributed by atoms with E-state index in [1.807, 2.05) is 67.3 Å². The Labute approximate surface area is 127 Å². The maximum Gasteiger partial charge on any atom is 0.259 e. The van der Waals surface area contributed by atoms with Crippen molar-refractivity contribution < 1.29 is 4.79 Å². The van der Waals surface area contributed by atoms with Gasteiger partial charge in [0.15, 0.2) is 0 Å². The summed E-state index contributed by atoms with van der Waals surface area (Å²) in [6, 6.07) is 15.7. The van der Waals surface area contributed by atoms with Gasteiger partial charge in [0.1, 0.15) is 0 Å². The van der Waals surface area contributed by atoms with Gasteiger partial charge >= 0.3 is 0 Å². The molecule has 0 saturated heterocycles. The summed E-state index contributed by atoms with van der Waals surface area (Å²) in [6.07, 6.45) is 0. The Morgan fingerprint density at radius 2 is 1.74 bits per heavy atom. The molecule has 0 aromatic heterocycles. The van der Waals surface area contributed by atoms with Crippen molar-refractivity contribution in [2.45, 2.75) is 13.8 Å². The molecule has 0 heterocycles. The van der Waals surface area contributed by atoms with Crippen molar-refractivity contribution >= 4 is 34.2 Å². The van der Waals surface area contributed by atoms with Gasteiger partial charge in [-0.2, -0.15) is 0 Å². The minimum atomic E-state index is 0.0572. The van der Waals surface area contributed by atoms with Gasteiger partial charge in [-0.3, -0.25) is 4.79 Å². The van der Waals surface area contributed by atoms with Gasteiger partial charge in [0.2, 0.25) is 0 Å². The van der Waals surface area contributed by atoms with E-state index >= 15 is 0 Å². The second kappa shape index (κ2) is 6.19. The molecule has 0 spiro atoms. The van der Waals surface area contributed by atoms with Crippen LogP contribution in [0.2, 0.25) is 0 Å². The van der Waals surface area contributed by atoms with E-state index in [0.717, 1.165) is 20.4 Å². The first-order valence-corrected chi connectivity index (χ1v) is 7.35. The third-order valence-corrected chi connectivity index (χ3v) is 4.01. The first-order chi connectivity index (χ1) is 9.15. The van der Waals surface area contributed by atoms with Gasteiger partial charge in [-0.25, -0.2) is 0 Å². The summed E-state index contributed by atoms with van der Waals surface area (Å²) in [6.45, 7) is 4.69. The van der Waals surface area contributed by atoms with Crippen LogP contribution >= 0.6 is 22.6 Å². The fraction of sp³-hybridized carbons (Fsp3) is 0.188. The maximum absolute atomic E-state index is 12.7. The molecule has 0 aliphatic rings. The number of hydrogen-bond donors (Lipinski definition) is 0. The molecule has 98 valence electrons. The summed E-state index contributed by atoms with van der Waals surface area (Å²) in [4.78, 5) is 14.5. The number of amides is 1. The third-order valence-electron chi connectivity index (χ3n) is 3.07. The number of hydrogen-bond acceptors (Lipinski definition) is 1. The van der Waals surface area contributed by atoms with Crippen LogP contribution in [-0.4, -0.2) is 12.5 Å². The molecule has 19 heavy (non-hydrogen) atoms. The smallest absolute Gasteiger partial charge is 0.259 e. The first kappa shape index (κ1) is 14.1. The van der Waals surface area contributed by atoms with Gasteiger partial charge in [-0.15, -0.1) is 0 Å². The predicted molar refractivity (Wildman–Crippen MR) is 87.7 cm³/mol. The Balaban J connectivity index is 2.41. The highest BCUT2D eigenvalue weighted by Crippen LogP contribution is 2.23. The summed E-state index contributed by atoms with van der Waals surface area (Å²) >= 11 is 2.21. The zero-order chi connectivity index (χ0) is 13.8. The minimum Gasteiger partial charge on any atom is -0.308 e. The number of rotatable bonds is 3. The van der Waals surface area contributed by atoms with E-state index in [-0.39, 0.29) is 5.91 Å². The highest BCUT2D eigenvalue weighted by Gasteiger charge is 2.19. The quantitative estimate of drug-likeness (QED) is 0.744. The average molecular weight is 365 g/mol. The topological polar surface area (TPSA) is 20.3 Å². The number of anilines is 1. The second-order valence-corrected chi connectivity index (χ2v) is 5.48. The lowest BCUT2D eigenvalue weighted by Crippen LogP contribution is -2.31. The van der Waals surface area contributed by atoms with Crippen LogP contribution in [0.15, 0.2) is 48.5 Å². The molecule has 3 heteroatoms. The van der Waals surface area contributed by atoms with Gasteiger partial charge in [0.05, 0.1) is 5.56 Å². The van der Waals surface area contributed by atoms with Gasteiger partial charge in [0, 0.05) is 15.8 Å². The summed E-state index contributed by atoms with van der Waals surface area (Å²) < 4.78 is 0.983. The molecule has 0 radical (unpaired) electrons. The van der Waals surface area contributed by atoms with Gasteiger partial charge in [-0.05, 0) is 60.2 Å². The van der Waals surface area contributed by atoms with E-state index in [2.05, 4.69) is 22.6 Å². The predicted octanol–water partition coefficient (Wildman–Crippen LogP) is 4.27. The summed E-state index contributed by atoms with van der Waals surface area (Å²) in [5.41, 5.74) is 2.85. The van der Waals surface area contributed by atoms with Crippen LogP contribution in [-0.2, 0) is 0 Å². The fourth-order valence-corrected chi connectivity index (χ4v) is 2.69. The standard InChI is InChI=1S/C16H16INO/c1-3-18(15-11-7-4-8-12(15)2)16(19)13-9-5-6-10-14(13)17/h4-11H,3H2,1-2H3. The first-order valence-electron chi connectivity index (χ1n) is 6.27. The lowest BCUT2D eigenvalue weighted by molar-refractivity contribution is 0.0987. The van der Waals surface area contributed by atoms with Crippen molar-refractivity contribution in [1.29, 1.82) is 0 Å². The molecule has 0 unspecified atom stereocenters. The zero-order valence-electron chi connectivity index (χ0n) is 11.1. The Morgan fingerprint density at radius 3 is 2.37 bits per heavy atom. The van der Waals surface area contributed by atoms with E-state index in [0.29, 0.717) is 6.54 Å². The number of carbonyl (C=O) groups is 1. The molecule has 0 aliphatic heterocycles. The zero-order valence-corrected chi connectivity index (χ0v) is 13.2. The van der Waals surface area contributed by atoms with Crippen molar-refractivity contribution in [3.8, 4) is 0 Å². The van der Waals surface area contributed by atoms with Crippen molar-refractivity contribution in [2.24, 2.45) is 0 Å². The molecule has 2 aromatic carbocycles. The minimum absolute atomic E-state index is 0.0572. The Morgan fingerprint density at radius 1 is 1.11 bits per heavy atom. The average Bonchev–Trinajstić information content (AvgIpc) is 2.42. The van der Waals surface area contributed by atoms with Crippen molar-refractivity contribution in [1.82, 2.24) is 0 Å². The summed E-state index contributed by atoms with van der Waals surface area (Å²) in [7, 11) is 0. The molecular formula is C16H16INO. The summed E-state index contributed by atoms with van der Waals surface area (Å²) in [5, 5.41) is 0. The number of carbonyl (C=O) groups excluding carboxylic acids is 1. The number of halogens is 1. The van der Waals surface area contributed by atoms with Crippen LogP contribution in [0.3, 0.4) is 0 Å². The lowest BCUT2D eigenvalue weighted by atomic mass is 10.1. The fourth-order valence-electron chi connectivity index (χ4n) is 2.07. The molecule has 1 amide bonds. The normalized spacial score (nSPS) is 10.3. The highest BCUT2D eigenvalue weighted by molar-refractivity contribution is 14.1. The number of nitrogens with zero attached hydrogens (tertiary/aromatic N) is 1. The Bertz CT molecular complexity index is 595. The molecule has 0 N–H and O–H groups in total. The van der Waals surface area contributed by atoms with E-state index < -0.39 is 0 Å². The van der Waals surface area contributed by atoms with Crippen LogP contribution in [0.1, 0.15) is 22.8 Å². The molecule has 0 saturated carbocycles. The van der Waals surface area contributed by atoms with Crippen molar-refractivity contribution in [2.75, 3.05) is 11.4 Å². The van der Waals surface area contributed by atoms with Gasteiger partial charge in [-0.1, -0.05) is 30.3 Å². The Kier molecular flexibility index (Phi) is 4.58. The van der Waals surface area contributed by atoms with Crippen LogP contribution in [0.25, 0.3) is 0 Å². The van der Waals surface area contributed by atoms with Crippen molar-refractivity contribution in [3.05, 3.63) is 63.2 Å². The monoisotopic (exact) mass is 365 g/mol. The molecule has 0 atom stereocenters. The lowest BCUT2D eigenvalue weighted by Gasteiger charge is -2.23. The SMILES string of the molecule is CCN(C(=O)c1ccccc1I)c1ccccc1C. The van der Waals surface area contributed by atoms with E-state index in [1.165, 1.54) is 0 Å². The maximum atomic E-state index is 12.7. The second-order valence-electron chi connectivity index (χ2n) is 4.32. The Hall–Kier alpha value is -1.36.